The van der Waals surface area contributed by atoms with Crippen molar-refractivity contribution in [2.45, 2.75) is 10.1 Å². The molecule has 0 aliphatic heterocycles. The molecule has 0 spiro atoms. The molecule has 1 heterocycles. The first-order valence-electron chi connectivity index (χ1n) is 7.66. The van der Waals surface area contributed by atoms with Gasteiger partial charge in [-0.25, -0.2) is 0 Å². The average Bonchev–Trinajstić information content (AvgIpc) is 3.13. The van der Waals surface area contributed by atoms with Crippen LogP contribution >= 0.6 is 23.1 Å². The van der Waals surface area contributed by atoms with Gasteiger partial charge in [-0.1, -0.05) is 53.4 Å². The number of nitrogens with zero attached hydrogens (tertiary/aromatic N) is 3. The Kier molecular flexibility index (Phi) is 6.19. The Morgan fingerprint density at radius 2 is 1.92 bits per heavy atom. The molecular weight excluding hydrogens is 368 g/mol. The van der Waals surface area contributed by atoms with Crippen molar-refractivity contribution < 1.29 is 9.53 Å². The van der Waals surface area contributed by atoms with E-state index in [2.05, 4.69) is 21.6 Å². The third-order valence-corrected chi connectivity index (χ3v) is 5.25. The molecule has 1 aromatic heterocycles. The van der Waals surface area contributed by atoms with Gasteiger partial charge in [-0.15, -0.1) is 10.2 Å². The van der Waals surface area contributed by atoms with E-state index in [9.17, 15) is 4.79 Å². The average molecular weight is 382 g/mol. The molecule has 6 nitrogen and oxygen atoms in total. The normalized spacial score (nSPS) is 10.1. The molecule has 0 unspecified atom stereocenters. The SMILES string of the molecule is N#Cc1ccc(CSc2nnc(NC(=O)COc3ccccc3)s2)cc1. The molecular formula is C18H14N4O2S2. The molecule has 130 valence electrons. The summed E-state index contributed by atoms with van der Waals surface area (Å²) in [5, 5.41) is 19.9. The molecule has 3 rings (SSSR count). The van der Waals surface area contributed by atoms with E-state index in [0.29, 0.717) is 22.2 Å². The maximum absolute atomic E-state index is 11.9. The summed E-state index contributed by atoms with van der Waals surface area (Å²) in [6.45, 7) is -0.0860. The van der Waals surface area contributed by atoms with Gasteiger partial charge in [0, 0.05) is 5.75 Å². The molecule has 26 heavy (non-hydrogen) atoms. The zero-order chi connectivity index (χ0) is 18.2. The minimum Gasteiger partial charge on any atom is -0.484 e. The number of hydrogen-bond donors (Lipinski definition) is 1. The van der Waals surface area contributed by atoms with Crippen molar-refractivity contribution in [1.29, 1.82) is 5.26 Å². The minimum absolute atomic E-state index is 0.0860. The third kappa shape index (κ3) is 5.31. The Labute approximate surface area is 158 Å². The molecule has 0 atom stereocenters. The first-order chi connectivity index (χ1) is 12.7. The van der Waals surface area contributed by atoms with Crippen LogP contribution in [-0.4, -0.2) is 22.7 Å². The van der Waals surface area contributed by atoms with Gasteiger partial charge < -0.3 is 4.74 Å². The zero-order valence-electron chi connectivity index (χ0n) is 13.6. The van der Waals surface area contributed by atoms with Gasteiger partial charge in [0.25, 0.3) is 5.91 Å². The number of amides is 1. The maximum Gasteiger partial charge on any atom is 0.264 e. The number of para-hydroxylation sites is 1. The number of aromatic nitrogens is 2. The Morgan fingerprint density at radius 1 is 1.15 bits per heavy atom. The van der Waals surface area contributed by atoms with Gasteiger partial charge in [0.05, 0.1) is 11.6 Å². The fourth-order valence-corrected chi connectivity index (χ4v) is 3.68. The minimum atomic E-state index is -0.284. The van der Waals surface area contributed by atoms with Crippen LogP contribution in [0.4, 0.5) is 5.13 Å². The number of rotatable bonds is 7. The van der Waals surface area contributed by atoms with Crippen molar-refractivity contribution in [3.05, 3.63) is 65.7 Å². The number of hydrogen-bond acceptors (Lipinski definition) is 7. The van der Waals surface area contributed by atoms with Gasteiger partial charge in [0.2, 0.25) is 5.13 Å². The van der Waals surface area contributed by atoms with E-state index in [-0.39, 0.29) is 12.5 Å². The van der Waals surface area contributed by atoms with Crippen LogP contribution in [0.1, 0.15) is 11.1 Å². The van der Waals surface area contributed by atoms with E-state index in [4.69, 9.17) is 10.00 Å². The Hall–Kier alpha value is -2.89. The lowest BCUT2D eigenvalue weighted by Crippen LogP contribution is -2.20. The van der Waals surface area contributed by atoms with Crippen molar-refractivity contribution >= 4 is 34.1 Å². The topological polar surface area (TPSA) is 87.9 Å². The van der Waals surface area contributed by atoms with E-state index in [0.717, 1.165) is 9.90 Å². The van der Waals surface area contributed by atoms with Crippen LogP contribution in [0.15, 0.2) is 58.9 Å². The summed E-state index contributed by atoms with van der Waals surface area (Å²) in [4.78, 5) is 11.9. The van der Waals surface area contributed by atoms with Gasteiger partial charge >= 0.3 is 0 Å². The summed E-state index contributed by atoms with van der Waals surface area (Å²) in [5.74, 6) is 1.07. The highest BCUT2D eigenvalue weighted by molar-refractivity contribution is 8.00. The van der Waals surface area contributed by atoms with Gasteiger partial charge in [0.15, 0.2) is 10.9 Å². The van der Waals surface area contributed by atoms with Gasteiger partial charge in [-0.2, -0.15) is 5.26 Å². The Balaban J connectivity index is 1.46. The van der Waals surface area contributed by atoms with Crippen molar-refractivity contribution in [3.8, 4) is 11.8 Å². The third-order valence-electron chi connectivity index (χ3n) is 3.21. The van der Waals surface area contributed by atoms with Crippen LogP contribution < -0.4 is 10.1 Å². The first-order valence-corrected chi connectivity index (χ1v) is 9.46. The van der Waals surface area contributed by atoms with Gasteiger partial charge in [-0.3, -0.25) is 10.1 Å². The molecule has 2 aromatic carbocycles. The van der Waals surface area contributed by atoms with Crippen LogP contribution in [-0.2, 0) is 10.5 Å². The van der Waals surface area contributed by atoms with E-state index in [1.165, 1.54) is 23.1 Å². The molecule has 0 fully saturated rings. The lowest BCUT2D eigenvalue weighted by molar-refractivity contribution is -0.118. The van der Waals surface area contributed by atoms with Gasteiger partial charge in [-0.05, 0) is 29.8 Å². The summed E-state index contributed by atoms with van der Waals surface area (Å²) in [6, 6.07) is 18.6. The molecule has 1 amide bonds. The largest absolute Gasteiger partial charge is 0.484 e. The Morgan fingerprint density at radius 3 is 2.65 bits per heavy atom. The maximum atomic E-state index is 11.9. The zero-order valence-corrected chi connectivity index (χ0v) is 15.2. The number of nitrogens with one attached hydrogen (secondary N) is 1. The first kappa shape index (κ1) is 17.9. The quantitative estimate of drug-likeness (QED) is 0.495. The molecule has 0 bridgehead atoms. The lowest BCUT2D eigenvalue weighted by Gasteiger charge is -2.04. The Bertz CT molecular complexity index is 905. The number of carbonyl (C=O) groups excluding carboxylic acids is 1. The highest BCUT2D eigenvalue weighted by Gasteiger charge is 2.09. The molecule has 0 aliphatic rings. The van der Waals surface area contributed by atoms with Crippen LogP contribution in [0.3, 0.4) is 0 Å². The fraction of sp³-hybridized carbons (Fsp3) is 0.111. The molecule has 1 N–H and O–H groups in total. The van der Waals surface area contributed by atoms with Crippen molar-refractivity contribution in [1.82, 2.24) is 10.2 Å². The second kappa shape index (κ2) is 8.99. The highest BCUT2D eigenvalue weighted by atomic mass is 32.2. The second-order valence-electron chi connectivity index (χ2n) is 5.12. The number of nitriles is 1. The summed E-state index contributed by atoms with van der Waals surface area (Å²) >= 11 is 2.84. The molecule has 0 aliphatic carbocycles. The molecule has 8 heteroatoms. The summed E-state index contributed by atoms with van der Waals surface area (Å²) in [6.07, 6.45) is 0. The van der Waals surface area contributed by atoms with Gasteiger partial charge in [0.1, 0.15) is 5.75 Å². The van der Waals surface area contributed by atoms with Crippen molar-refractivity contribution in [2.75, 3.05) is 11.9 Å². The van der Waals surface area contributed by atoms with E-state index in [1.54, 1.807) is 24.3 Å². The number of carbonyl (C=O) groups is 1. The molecule has 0 saturated carbocycles. The second-order valence-corrected chi connectivity index (χ2v) is 7.32. The van der Waals surface area contributed by atoms with Crippen LogP contribution in [0.2, 0.25) is 0 Å². The molecule has 0 saturated heterocycles. The standard InChI is InChI=1S/C18H14N4O2S2/c19-10-13-6-8-14(9-7-13)12-25-18-22-21-17(26-18)20-16(23)11-24-15-4-2-1-3-5-15/h1-9H,11-12H2,(H,20,21,23). The van der Waals surface area contributed by atoms with Crippen molar-refractivity contribution in [2.24, 2.45) is 0 Å². The summed E-state index contributed by atoms with van der Waals surface area (Å²) in [7, 11) is 0. The number of ether oxygens (including phenoxy) is 1. The molecule has 3 aromatic rings. The smallest absolute Gasteiger partial charge is 0.264 e. The highest BCUT2D eigenvalue weighted by Crippen LogP contribution is 2.28. The number of anilines is 1. The van der Waals surface area contributed by atoms with E-state index in [1.807, 2.05) is 30.3 Å². The summed E-state index contributed by atoms with van der Waals surface area (Å²) in [5.41, 5.74) is 1.73. The lowest BCUT2D eigenvalue weighted by atomic mass is 10.2. The predicted octanol–water partition coefficient (Wildman–Crippen LogP) is 3.72. The van der Waals surface area contributed by atoms with Crippen LogP contribution in [0.25, 0.3) is 0 Å². The van der Waals surface area contributed by atoms with Crippen LogP contribution in [0.5, 0.6) is 5.75 Å². The number of benzene rings is 2. The molecule has 0 radical (unpaired) electrons. The van der Waals surface area contributed by atoms with Crippen molar-refractivity contribution in [3.63, 3.8) is 0 Å². The predicted molar refractivity (Wildman–Crippen MR) is 101 cm³/mol. The fourth-order valence-electron chi connectivity index (χ4n) is 1.96. The van der Waals surface area contributed by atoms with E-state index >= 15 is 0 Å². The van der Waals surface area contributed by atoms with Crippen LogP contribution in [0, 0.1) is 11.3 Å². The monoisotopic (exact) mass is 382 g/mol. The number of thioether (sulfide) groups is 1. The summed E-state index contributed by atoms with van der Waals surface area (Å²) < 4.78 is 6.15. The van der Waals surface area contributed by atoms with E-state index < -0.39 is 0 Å².